The molecule has 0 saturated carbocycles. The molecular weight excluding hydrogens is 312 g/mol. The first kappa shape index (κ1) is 19.0. The van der Waals surface area contributed by atoms with Crippen molar-refractivity contribution in [3.05, 3.63) is 71.3 Å². The normalized spacial score (nSPS) is 11.9. The standard InChI is InChI=1S/C22H28O3/c1-18-12-9-10-15-20(18)21(19-13-6-5-7-14-19)16-8-3-2-4-11-17-25-22(23)24/h5-7,9-10,12-15,21H,2-4,8,11,16-17H2,1H3,(H,23,24). The van der Waals surface area contributed by atoms with Crippen LogP contribution in [-0.4, -0.2) is 17.9 Å². The third kappa shape index (κ3) is 6.61. The number of hydrogen-bond donors (Lipinski definition) is 1. The molecule has 2 aromatic carbocycles. The maximum Gasteiger partial charge on any atom is 0.505 e. The van der Waals surface area contributed by atoms with Gasteiger partial charge in [-0.15, -0.1) is 0 Å². The van der Waals surface area contributed by atoms with Crippen molar-refractivity contribution >= 4 is 6.16 Å². The van der Waals surface area contributed by atoms with E-state index in [1.807, 2.05) is 0 Å². The molecule has 1 unspecified atom stereocenters. The fourth-order valence-corrected chi connectivity index (χ4v) is 3.31. The summed E-state index contributed by atoms with van der Waals surface area (Å²) in [7, 11) is 0. The van der Waals surface area contributed by atoms with Crippen LogP contribution in [0.4, 0.5) is 4.79 Å². The van der Waals surface area contributed by atoms with Crippen molar-refractivity contribution in [3.63, 3.8) is 0 Å². The molecule has 1 N–H and O–H groups in total. The second-order valence-corrected chi connectivity index (χ2v) is 6.49. The molecule has 0 heterocycles. The minimum atomic E-state index is -1.18. The predicted molar refractivity (Wildman–Crippen MR) is 101 cm³/mol. The van der Waals surface area contributed by atoms with Crippen LogP contribution in [0.2, 0.25) is 0 Å². The highest BCUT2D eigenvalue weighted by Crippen LogP contribution is 2.32. The number of rotatable bonds is 10. The summed E-state index contributed by atoms with van der Waals surface area (Å²) in [6.07, 6.45) is 5.26. The van der Waals surface area contributed by atoms with E-state index in [1.54, 1.807) is 0 Å². The summed E-state index contributed by atoms with van der Waals surface area (Å²) in [6, 6.07) is 19.4. The highest BCUT2D eigenvalue weighted by Gasteiger charge is 2.15. The maximum atomic E-state index is 10.3. The van der Waals surface area contributed by atoms with Crippen molar-refractivity contribution in [1.29, 1.82) is 0 Å². The number of unbranched alkanes of at least 4 members (excludes halogenated alkanes) is 4. The second kappa shape index (κ2) is 10.5. The monoisotopic (exact) mass is 340 g/mol. The zero-order valence-corrected chi connectivity index (χ0v) is 15.0. The van der Waals surface area contributed by atoms with Gasteiger partial charge in [-0.3, -0.25) is 0 Å². The molecule has 25 heavy (non-hydrogen) atoms. The molecule has 0 fully saturated rings. The van der Waals surface area contributed by atoms with Crippen molar-refractivity contribution in [2.45, 2.75) is 51.4 Å². The van der Waals surface area contributed by atoms with Crippen LogP contribution in [0.15, 0.2) is 54.6 Å². The Bertz CT molecular complexity index is 637. The molecule has 0 spiro atoms. The zero-order valence-electron chi connectivity index (χ0n) is 15.0. The van der Waals surface area contributed by atoms with Gasteiger partial charge in [0.05, 0.1) is 6.61 Å². The molecule has 2 rings (SSSR count). The number of benzene rings is 2. The van der Waals surface area contributed by atoms with Crippen LogP contribution >= 0.6 is 0 Å². The largest absolute Gasteiger partial charge is 0.505 e. The Morgan fingerprint density at radius 1 is 0.920 bits per heavy atom. The molecular formula is C22H28O3. The van der Waals surface area contributed by atoms with Crippen molar-refractivity contribution in [2.75, 3.05) is 6.61 Å². The number of carboxylic acid groups (broad SMARTS) is 1. The summed E-state index contributed by atoms with van der Waals surface area (Å²) >= 11 is 0. The Balaban J connectivity index is 1.84. The molecule has 0 aliphatic carbocycles. The van der Waals surface area contributed by atoms with Crippen LogP contribution in [0.25, 0.3) is 0 Å². The van der Waals surface area contributed by atoms with Gasteiger partial charge >= 0.3 is 6.16 Å². The van der Waals surface area contributed by atoms with Gasteiger partial charge in [0.1, 0.15) is 0 Å². The minimum absolute atomic E-state index is 0.311. The molecule has 3 nitrogen and oxygen atoms in total. The molecule has 0 amide bonds. The van der Waals surface area contributed by atoms with Crippen LogP contribution in [0, 0.1) is 6.92 Å². The summed E-state index contributed by atoms with van der Waals surface area (Å²) in [5, 5.41) is 8.43. The fourth-order valence-electron chi connectivity index (χ4n) is 3.31. The Morgan fingerprint density at radius 3 is 2.28 bits per heavy atom. The lowest BCUT2D eigenvalue weighted by molar-refractivity contribution is 0.0899. The van der Waals surface area contributed by atoms with Gasteiger partial charge in [-0.05, 0) is 36.5 Å². The van der Waals surface area contributed by atoms with Gasteiger partial charge in [0.25, 0.3) is 0 Å². The molecule has 1 atom stereocenters. The summed E-state index contributed by atoms with van der Waals surface area (Å²) in [5.41, 5.74) is 4.15. The molecule has 0 bridgehead atoms. The average molecular weight is 340 g/mol. The number of hydrogen-bond acceptors (Lipinski definition) is 2. The van der Waals surface area contributed by atoms with E-state index in [9.17, 15) is 4.79 Å². The topological polar surface area (TPSA) is 46.5 Å². The first-order valence-electron chi connectivity index (χ1n) is 9.14. The predicted octanol–water partition coefficient (Wildman–Crippen LogP) is 6.16. The quantitative estimate of drug-likeness (QED) is 0.416. The third-order valence-electron chi connectivity index (χ3n) is 4.63. The van der Waals surface area contributed by atoms with Crippen molar-refractivity contribution in [1.82, 2.24) is 0 Å². The smallest absolute Gasteiger partial charge is 0.450 e. The van der Waals surface area contributed by atoms with E-state index >= 15 is 0 Å². The number of ether oxygens (including phenoxy) is 1. The van der Waals surface area contributed by atoms with Crippen LogP contribution in [0.3, 0.4) is 0 Å². The van der Waals surface area contributed by atoms with Gasteiger partial charge in [0, 0.05) is 5.92 Å². The first-order valence-corrected chi connectivity index (χ1v) is 9.14. The lowest BCUT2D eigenvalue weighted by Crippen LogP contribution is -2.04. The highest BCUT2D eigenvalue weighted by molar-refractivity contribution is 5.56. The van der Waals surface area contributed by atoms with Gasteiger partial charge in [-0.1, -0.05) is 80.3 Å². The van der Waals surface area contributed by atoms with Crippen molar-refractivity contribution in [3.8, 4) is 0 Å². The van der Waals surface area contributed by atoms with E-state index in [2.05, 4.69) is 66.3 Å². The molecule has 0 aromatic heterocycles. The Kier molecular flexibility index (Phi) is 8.03. The molecule has 0 aliphatic rings. The van der Waals surface area contributed by atoms with Crippen LogP contribution in [0.5, 0.6) is 0 Å². The SMILES string of the molecule is Cc1ccccc1C(CCCCCCCOC(=O)O)c1ccccc1. The average Bonchev–Trinajstić information content (AvgIpc) is 2.62. The van der Waals surface area contributed by atoms with Gasteiger partial charge < -0.3 is 9.84 Å². The molecule has 3 heteroatoms. The summed E-state index contributed by atoms with van der Waals surface area (Å²) in [4.78, 5) is 10.3. The summed E-state index contributed by atoms with van der Waals surface area (Å²) in [6.45, 7) is 2.50. The van der Waals surface area contributed by atoms with E-state index in [0.717, 1.165) is 25.7 Å². The van der Waals surface area contributed by atoms with Gasteiger partial charge in [0.2, 0.25) is 0 Å². The van der Waals surface area contributed by atoms with Gasteiger partial charge in [0.15, 0.2) is 0 Å². The van der Waals surface area contributed by atoms with Gasteiger partial charge in [-0.2, -0.15) is 0 Å². The van der Waals surface area contributed by atoms with Crippen LogP contribution in [-0.2, 0) is 4.74 Å². The third-order valence-corrected chi connectivity index (χ3v) is 4.63. The minimum Gasteiger partial charge on any atom is -0.450 e. The molecule has 2 aromatic rings. The number of aryl methyl sites for hydroxylation is 1. The Morgan fingerprint density at radius 2 is 1.56 bits per heavy atom. The zero-order chi connectivity index (χ0) is 17.9. The summed E-state index contributed by atoms with van der Waals surface area (Å²) in [5.74, 6) is 0.442. The number of carbonyl (C=O) groups is 1. The van der Waals surface area contributed by atoms with Crippen LogP contribution in [0.1, 0.15) is 61.1 Å². The van der Waals surface area contributed by atoms with Crippen LogP contribution < -0.4 is 0 Å². The first-order chi connectivity index (χ1) is 12.2. The molecule has 0 radical (unpaired) electrons. The van der Waals surface area contributed by atoms with Gasteiger partial charge in [-0.25, -0.2) is 4.79 Å². The van der Waals surface area contributed by atoms with E-state index < -0.39 is 6.16 Å². The molecule has 0 aliphatic heterocycles. The molecule has 0 saturated heterocycles. The van der Waals surface area contributed by atoms with E-state index in [-0.39, 0.29) is 0 Å². The maximum absolute atomic E-state index is 10.3. The van der Waals surface area contributed by atoms with Crippen molar-refractivity contribution < 1.29 is 14.6 Å². The fraction of sp³-hybridized carbons (Fsp3) is 0.409. The highest BCUT2D eigenvalue weighted by atomic mass is 16.7. The lowest BCUT2D eigenvalue weighted by atomic mass is 9.84. The van der Waals surface area contributed by atoms with E-state index in [0.29, 0.717) is 12.5 Å². The summed E-state index contributed by atoms with van der Waals surface area (Å²) < 4.78 is 4.53. The second-order valence-electron chi connectivity index (χ2n) is 6.49. The van der Waals surface area contributed by atoms with Crippen molar-refractivity contribution in [2.24, 2.45) is 0 Å². The Hall–Kier alpha value is -2.29. The lowest BCUT2D eigenvalue weighted by Gasteiger charge is -2.20. The molecule has 134 valence electrons. The Labute approximate surface area is 150 Å². The van der Waals surface area contributed by atoms with E-state index in [1.165, 1.54) is 29.5 Å². The van der Waals surface area contributed by atoms with E-state index in [4.69, 9.17) is 5.11 Å².